The first kappa shape index (κ1) is 21.8. The van der Waals surface area contributed by atoms with E-state index in [0.29, 0.717) is 23.2 Å². The number of hydrogen-bond acceptors (Lipinski definition) is 5. The van der Waals surface area contributed by atoms with Crippen LogP contribution in [0.4, 0.5) is 11.4 Å². The molecule has 2 bridgehead atoms. The Kier molecular flexibility index (Phi) is 5.56. The highest BCUT2D eigenvalue weighted by molar-refractivity contribution is 9.10. The third-order valence-electron chi connectivity index (χ3n) is 7.06. The number of amides is 3. The van der Waals surface area contributed by atoms with E-state index in [4.69, 9.17) is 4.74 Å². The van der Waals surface area contributed by atoms with Crippen molar-refractivity contribution < 1.29 is 23.9 Å². The van der Waals surface area contributed by atoms with Crippen LogP contribution in [0, 0.1) is 30.6 Å². The van der Waals surface area contributed by atoms with Crippen molar-refractivity contribution in [1.29, 1.82) is 0 Å². The lowest BCUT2D eigenvalue weighted by Crippen LogP contribution is -2.32. The smallest absolute Gasteiger partial charge is 0.338 e. The fourth-order valence-electron chi connectivity index (χ4n) is 5.54. The average molecular weight is 511 g/mol. The fraction of sp³-hybridized carbons (Fsp3) is 0.360. The minimum absolute atomic E-state index is 0.118. The Labute approximate surface area is 199 Å². The van der Waals surface area contributed by atoms with Gasteiger partial charge in [0.15, 0.2) is 6.61 Å². The molecular formula is C25H23BrN2O5. The fourth-order valence-corrected chi connectivity index (χ4v) is 5.79. The molecule has 2 saturated carbocycles. The Morgan fingerprint density at radius 2 is 1.67 bits per heavy atom. The minimum atomic E-state index is -0.655. The van der Waals surface area contributed by atoms with Gasteiger partial charge in [-0.25, -0.2) is 4.79 Å². The number of fused-ring (bicyclic) bond motifs is 5. The van der Waals surface area contributed by atoms with Crippen molar-refractivity contribution in [2.45, 2.75) is 26.2 Å². The molecule has 2 aromatic carbocycles. The molecule has 1 saturated heterocycles. The van der Waals surface area contributed by atoms with E-state index in [1.54, 1.807) is 18.2 Å². The first-order valence-electron chi connectivity index (χ1n) is 11.0. The first-order valence-corrected chi connectivity index (χ1v) is 11.8. The number of esters is 1. The van der Waals surface area contributed by atoms with Gasteiger partial charge in [0, 0.05) is 10.2 Å². The second-order valence-electron chi connectivity index (χ2n) is 9.03. The summed E-state index contributed by atoms with van der Waals surface area (Å²) >= 11 is 3.40. The van der Waals surface area contributed by atoms with Crippen molar-refractivity contribution in [2.24, 2.45) is 23.7 Å². The van der Waals surface area contributed by atoms with Crippen LogP contribution in [0.2, 0.25) is 0 Å². The zero-order valence-electron chi connectivity index (χ0n) is 18.0. The molecule has 5 rings (SSSR count). The highest BCUT2D eigenvalue weighted by Crippen LogP contribution is 2.56. The average Bonchev–Trinajstić information content (AvgIpc) is 3.48. The van der Waals surface area contributed by atoms with Gasteiger partial charge in [0.05, 0.1) is 23.1 Å². The second kappa shape index (κ2) is 8.41. The molecule has 33 heavy (non-hydrogen) atoms. The number of ether oxygens (including phenoxy) is 1. The molecule has 1 heterocycles. The van der Waals surface area contributed by atoms with E-state index in [0.717, 1.165) is 29.3 Å². The Hall–Kier alpha value is -3.00. The lowest BCUT2D eigenvalue weighted by Gasteiger charge is -2.19. The molecule has 3 aliphatic rings. The highest BCUT2D eigenvalue weighted by atomic mass is 79.9. The summed E-state index contributed by atoms with van der Waals surface area (Å²) in [6, 6.07) is 11.6. The Morgan fingerprint density at radius 3 is 2.27 bits per heavy atom. The van der Waals surface area contributed by atoms with E-state index in [1.807, 2.05) is 19.1 Å². The molecular weight excluding hydrogens is 488 g/mol. The van der Waals surface area contributed by atoms with Crippen molar-refractivity contribution in [3.05, 3.63) is 58.1 Å². The highest BCUT2D eigenvalue weighted by Gasteiger charge is 2.61. The zero-order chi connectivity index (χ0) is 23.3. The standard InChI is InChI=1S/C25H23BrN2O5/c1-13-10-17(6-9-19(13)26)27-20(29)12-33-25(32)14-4-7-18(8-5-14)28-23(30)21-15-2-3-16(11-15)22(21)24(28)31/h4-10,15-16,21-22H,2-3,11-12H2,1H3,(H,27,29)/t15-,16-,21-,22-/m0/s1. The molecule has 3 fully saturated rings. The van der Waals surface area contributed by atoms with Gasteiger partial charge >= 0.3 is 5.97 Å². The summed E-state index contributed by atoms with van der Waals surface area (Å²) in [5.41, 5.74) is 2.29. The molecule has 2 aromatic rings. The Bertz CT molecular complexity index is 1130. The largest absolute Gasteiger partial charge is 0.452 e. The van der Waals surface area contributed by atoms with Crippen LogP contribution in [0.3, 0.4) is 0 Å². The number of nitrogens with one attached hydrogen (secondary N) is 1. The summed E-state index contributed by atoms with van der Waals surface area (Å²) < 4.78 is 6.05. The van der Waals surface area contributed by atoms with Gasteiger partial charge in [-0.2, -0.15) is 0 Å². The Balaban J connectivity index is 1.19. The van der Waals surface area contributed by atoms with Crippen LogP contribution in [0.1, 0.15) is 35.2 Å². The first-order chi connectivity index (χ1) is 15.8. The lowest BCUT2D eigenvalue weighted by molar-refractivity contribution is -0.123. The van der Waals surface area contributed by atoms with Crippen LogP contribution in [-0.2, 0) is 19.1 Å². The number of nitrogens with zero attached hydrogens (tertiary/aromatic N) is 1. The van der Waals surface area contributed by atoms with Gasteiger partial charge in [0.1, 0.15) is 0 Å². The van der Waals surface area contributed by atoms with E-state index in [-0.39, 0.29) is 29.2 Å². The van der Waals surface area contributed by atoms with Crippen molar-refractivity contribution in [1.82, 2.24) is 0 Å². The van der Waals surface area contributed by atoms with Gasteiger partial charge in [0.2, 0.25) is 11.8 Å². The predicted octanol–water partition coefficient (Wildman–Crippen LogP) is 4.09. The molecule has 0 radical (unpaired) electrons. The number of halogens is 1. The number of carbonyl (C=O) groups is 4. The van der Waals surface area contributed by atoms with Gasteiger partial charge in [-0.15, -0.1) is 0 Å². The monoisotopic (exact) mass is 510 g/mol. The number of hydrogen-bond donors (Lipinski definition) is 1. The summed E-state index contributed by atoms with van der Waals surface area (Å²) in [4.78, 5) is 51.6. The third kappa shape index (κ3) is 3.86. The van der Waals surface area contributed by atoms with Crippen LogP contribution in [0.5, 0.6) is 0 Å². The van der Waals surface area contributed by atoms with E-state index >= 15 is 0 Å². The number of imide groups is 1. The van der Waals surface area contributed by atoms with E-state index in [1.165, 1.54) is 17.0 Å². The quantitative estimate of drug-likeness (QED) is 0.483. The molecule has 3 amide bonds. The van der Waals surface area contributed by atoms with Gasteiger partial charge < -0.3 is 10.1 Å². The Morgan fingerprint density at radius 1 is 1.03 bits per heavy atom. The summed E-state index contributed by atoms with van der Waals surface area (Å²) in [5.74, 6) is -1.07. The summed E-state index contributed by atoms with van der Waals surface area (Å²) in [6.07, 6.45) is 3.04. The van der Waals surface area contributed by atoms with Crippen LogP contribution in [-0.4, -0.2) is 30.3 Å². The maximum absolute atomic E-state index is 12.9. The molecule has 0 spiro atoms. The van der Waals surface area contributed by atoms with E-state index in [2.05, 4.69) is 21.2 Å². The lowest BCUT2D eigenvalue weighted by atomic mass is 9.81. The van der Waals surface area contributed by atoms with E-state index < -0.39 is 18.5 Å². The van der Waals surface area contributed by atoms with Crippen molar-refractivity contribution in [3.8, 4) is 0 Å². The van der Waals surface area contributed by atoms with Crippen molar-refractivity contribution in [2.75, 3.05) is 16.8 Å². The second-order valence-corrected chi connectivity index (χ2v) is 9.89. The minimum Gasteiger partial charge on any atom is -0.452 e. The number of rotatable bonds is 5. The predicted molar refractivity (Wildman–Crippen MR) is 125 cm³/mol. The van der Waals surface area contributed by atoms with Crippen LogP contribution < -0.4 is 10.2 Å². The third-order valence-corrected chi connectivity index (χ3v) is 7.95. The van der Waals surface area contributed by atoms with Crippen LogP contribution >= 0.6 is 15.9 Å². The van der Waals surface area contributed by atoms with Crippen molar-refractivity contribution in [3.63, 3.8) is 0 Å². The molecule has 0 unspecified atom stereocenters. The zero-order valence-corrected chi connectivity index (χ0v) is 19.6. The van der Waals surface area contributed by atoms with Gasteiger partial charge in [-0.3, -0.25) is 19.3 Å². The van der Waals surface area contributed by atoms with Crippen LogP contribution in [0.25, 0.3) is 0 Å². The van der Waals surface area contributed by atoms with Crippen molar-refractivity contribution >= 4 is 51.0 Å². The summed E-state index contributed by atoms with van der Waals surface area (Å²) in [5, 5.41) is 2.69. The normalized spacial score (nSPS) is 25.3. The molecule has 0 aromatic heterocycles. The maximum atomic E-state index is 12.9. The number of benzene rings is 2. The maximum Gasteiger partial charge on any atom is 0.338 e. The number of aryl methyl sites for hydroxylation is 1. The molecule has 1 aliphatic heterocycles. The topological polar surface area (TPSA) is 92.8 Å². The molecule has 170 valence electrons. The summed E-state index contributed by atoms with van der Waals surface area (Å²) in [6.45, 7) is 1.48. The number of carbonyl (C=O) groups excluding carboxylic acids is 4. The molecule has 2 aliphatic carbocycles. The van der Waals surface area contributed by atoms with Crippen LogP contribution in [0.15, 0.2) is 46.9 Å². The van der Waals surface area contributed by atoms with E-state index in [9.17, 15) is 19.2 Å². The summed E-state index contributed by atoms with van der Waals surface area (Å²) in [7, 11) is 0. The number of anilines is 2. The molecule has 8 heteroatoms. The van der Waals surface area contributed by atoms with Gasteiger partial charge in [-0.1, -0.05) is 15.9 Å². The molecule has 4 atom stereocenters. The molecule has 7 nitrogen and oxygen atoms in total. The molecule has 1 N–H and O–H groups in total. The SMILES string of the molecule is Cc1cc(NC(=O)COC(=O)c2ccc(N3C(=O)[C@H]4[C@H]5CC[C@@H](C5)[C@@H]4C3=O)cc2)ccc1Br. The van der Waals surface area contributed by atoms with Gasteiger partial charge in [-0.05, 0) is 86.1 Å². The van der Waals surface area contributed by atoms with Gasteiger partial charge in [0.25, 0.3) is 5.91 Å².